The molecule has 5 heteroatoms. The zero-order valence-electron chi connectivity index (χ0n) is 13.7. The van der Waals surface area contributed by atoms with Crippen molar-refractivity contribution in [3.63, 3.8) is 0 Å². The number of fused-ring (bicyclic) bond motifs is 1. The third kappa shape index (κ3) is 2.73. The van der Waals surface area contributed by atoms with Gasteiger partial charge in [0.05, 0.1) is 7.11 Å². The van der Waals surface area contributed by atoms with Gasteiger partial charge in [0.1, 0.15) is 5.75 Å². The molecule has 5 nitrogen and oxygen atoms in total. The third-order valence-corrected chi connectivity index (χ3v) is 4.44. The molecule has 2 aromatic carbocycles. The van der Waals surface area contributed by atoms with E-state index in [1.54, 1.807) is 37.4 Å². The fraction of sp³-hybridized carbons (Fsp3) is 0.263. The smallest absolute Gasteiger partial charge is 0.331 e. The Morgan fingerprint density at radius 1 is 1.21 bits per heavy atom. The highest BCUT2D eigenvalue weighted by atomic mass is 16.5. The summed E-state index contributed by atoms with van der Waals surface area (Å²) < 4.78 is 5.16. The second-order valence-corrected chi connectivity index (χ2v) is 5.87. The van der Waals surface area contributed by atoms with E-state index in [9.17, 15) is 14.7 Å². The van der Waals surface area contributed by atoms with Crippen LogP contribution in [0.2, 0.25) is 0 Å². The standard InChI is InChI=1S/C19H19NO4/c1-12-11-14(24-2)7-8-15(12)18(21)20-10-9-13-5-3-4-6-16(13)17(20)19(22)23/h3-8,11,17H,9-10H2,1-2H3,(H,22,23). The van der Waals surface area contributed by atoms with Crippen LogP contribution in [0.5, 0.6) is 5.75 Å². The van der Waals surface area contributed by atoms with Crippen LogP contribution in [0, 0.1) is 6.92 Å². The summed E-state index contributed by atoms with van der Waals surface area (Å²) in [5.74, 6) is -0.610. The summed E-state index contributed by atoms with van der Waals surface area (Å²) in [6.07, 6.45) is 0.654. The number of carbonyl (C=O) groups excluding carboxylic acids is 1. The van der Waals surface area contributed by atoms with Crippen LogP contribution < -0.4 is 4.74 Å². The second-order valence-electron chi connectivity index (χ2n) is 5.87. The number of carboxylic acid groups (broad SMARTS) is 1. The Bertz CT molecular complexity index is 800. The van der Waals surface area contributed by atoms with Crippen LogP contribution in [-0.4, -0.2) is 35.5 Å². The molecule has 1 amide bonds. The first-order chi connectivity index (χ1) is 11.5. The Labute approximate surface area is 140 Å². The summed E-state index contributed by atoms with van der Waals surface area (Å²) in [5, 5.41) is 9.69. The number of benzene rings is 2. The minimum absolute atomic E-state index is 0.267. The predicted molar refractivity (Wildman–Crippen MR) is 89.3 cm³/mol. The number of hydrogen-bond donors (Lipinski definition) is 1. The summed E-state index contributed by atoms with van der Waals surface area (Å²) in [7, 11) is 1.57. The van der Waals surface area contributed by atoms with Crippen molar-refractivity contribution in [3.8, 4) is 5.75 Å². The molecule has 1 atom stereocenters. The third-order valence-electron chi connectivity index (χ3n) is 4.44. The van der Waals surface area contributed by atoms with Crippen molar-refractivity contribution in [2.24, 2.45) is 0 Å². The molecule has 0 aromatic heterocycles. The van der Waals surface area contributed by atoms with E-state index in [4.69, 9.17) is 4.74 Å². The van der Waals surface area contributed by atoms with Crippen molar-refractivity contribution in [1.29, 1.82) is 0 Å². The Morgan fingerprint density at radius 3 is 2.62 bits per heavy atom. The van der Waals surface area contributed by atoms with Gasteiger partial charge in [0, 0.05) is 12.1 Å². The van der Waals surface area contributed by atoms with E-state index in [0.717, 1.165) is 11.1 Å². The lowest BCUT2D eigenvalue weighted by molar-refractivity contribution is -0.143. The molecule has 0 radical (unpaired) electrons. The summed E-state index contributed by atoms with van der Waals surface area (Å²) in [5.41, 5.74) is 2.94. The highest BCUT2D eigenvalue weighted by Gasteiger charge is 2.36. The van der Waals surface area contributed by atoms with Gasteiger partial charge in [-0.25, -0.2) is 4.79 Å². The fourth-order valence-corrected chi connectivity index (χ4v) is 3.21. The molecule has 0 spiro atoms. The van der Waals surface area contributed by atoms with Gasteiger partial charge in [-0.1, -0.05) is 24.3 Å². The maximum atomic E-state index is 13.0. The number of carboxylic acids is 1. The van der Waals surface area contributed by atoms with E-state index in [0.29, 0.717) is 29.8 Å². The molecule has 24 heavy (non-hydrogen) atoms. The lowest BCUT2D eigenvalue weighted by atomic mass is 9.91. The molecule has 1 heterocycles. The zero-order chi connectivity index (χ0) is 17.3. The number of nitrogens with zero attached hydrogens (tertiary/aromatic N) is 1. The van der Waals surface area contributed by atoms with Gasteiger partial charge in [0.2, 0.25) is 0 Å². The van der Waals surface area contributed by atoms with Gasteiger partial charge >= 0.3 is 5.97 Å². The first-order valence-corrected chi connectivity index (χ1v) is 7.79. The first kappa shape index (κ1) is 16.1. The maximum Gasteiger partial charge on any atom is 0.331 e. The van der Waals surface area contributed by atoms with Gasteiger partial charge in [0.15, 0.2) is 6.04 Å². The quantitative estimate of drug-likeness (QED) is 0.942. The van der Waals surface area contributed by atoms with E-state index in [-0.39, 0.29) is 5.91 Å². The average molecular weight is 325 g/mol. The highest BCUT2D eigenvalue weighted by Crippen LogP contribution is 2.32. The van der Waals surface area contributed by atoms with Crippen LogP contribution in [0.4, 0.5) is 0 Å². The van der Waals surface area contributed by atoms with Gasteiger partial charge in [-0.15, -0.1) is 0 Å². The van der Waals surface area contributed by atoms with Gasteiger partial charge in [0.25, 0.3) is 5.91 Å². The molecular formula is C19H19NO4. The van der Waals surface area contributed by atoms with Crippen molar-refractivity contribution in [2.45, 2.75) is 19.4 Å². The van der Waals surface area contributed by atoms with Crippen LogP contribution in [0.25, 0.3) is 0 Å². The summed E-state index contributed by atoms with van der Waals surface area (Å²) >= 11 is 0. The van der Waals surface area contributed by atoms with Gasteiger partial charge < -0.3 is 14.7 Å². The van der Waals surface area contributed by atoms with Crippen LogP contribution in [0.3, 0.4) is 0 Å². The van der Waals surface area contributed by atoms with Crippen LogP contribution >= 0.6 is 0 Å². The number of carbonyl (C=O) groups is 2. The lowest BCUT2D eigenvalue weighted by Gasteiger charge is -2.35. The zero-order valence-corrected chi connectivity index (χ0v) is 13.7. The van der Waals surface area contributed by atoms with E-state index >= 15 is 0 Å². The highest BCUT2D eigenvalue weighted by molar-refractivity contribution is 5.98. The molecular weight excluding hydrogens is 306 g/mol. The number of hydrogen-bond acceptors (Lipinski definition) is 3. The molecule has 0 aliphatic carbocycles. The second kappa shape index (κ2) is 6.35. The topological polar surface area (TPSA) is 66.8 Å². The largest absolute Gasteiger partial charge is 0.497 e. The van der Waals surface area contributed by atoms with Crippen LogP contribution in [0.15, 0.2) is 42.5 Å². The number of aryl methyl sites for hydroxylation is 1. The maximum absolute atomic E-state index is 13.0. The number of rotatable bonds is 3. The van der Waals surface area contributed by atoms with E-state index < -0.39 is 12.0 Å². The lowest BCUT2D eigenvalue weighted by Crippen LogP contribution is -2.43. The van der Waals surface area contributed by atoms with E-state index in [2.05, 4.69) is 0 Å². The Hall–Kier alpha value is -2.82. The van der Waals surface area contributed by atoms with Crippen molar-refractivity contribution in [3.05, 3.63) is 64.7 Å². The normalized spacial score (nSPS) is 16.4. The molecule has 1 N–H and O–H groups in total. The van der Waals surface area contributed by atoms with Gasteiger partial charge in [-0.3, -0.25) is 4.79 Å². The molecule has 0 saturated carbocycles. The molecule has 2 aromatic rings. The Balaban J connectivity index is 1.99. The number of aliphatic carboxylic acids is 1. The predicted octanol–water partition coefficient (Wildman–Crippen LogP) is 2.83. The minimum Gasteiger partial charge on any atom is -0.497 e. The van der Waals surface area contributed by atoms with Crippen molar-refractivity contribution < 1.29 is 19.4 Å². The fourth-order valence-electron chi connectivity index (χ4n) is 3.21. The monoisotopic (exact) mass is 325 g/mol. The van der Waals surface area contributed by atoms with Gasteiger partial charge in [-0.05, 0) is 48.2 Å². The van der Waals surface area contributed by atoms with Crippen LogP contribution in [-0.2, 0) is 11.2 Å². The molecule has 124 valence electrons. The van der Waals surface area contributed by atoms with Crippen molar-refractivity contribution in [2.75, 3.05) is 13.7 Å². The summed E-state index contributed by atoms with van der Waals surface area (Å²) in [6, 6.07) is 11.6. The summed E-state index contributed by atoms with van der Waals surface area (Å²) in [6.45, 7) is 2.21. The molecule has 1 aliphatic heterocycles. The number of ether oxygens (including phenoxy) is 1. The molecule has 0 saturated heterocycles. The Morgan fingerprint density at radius 2 is 1.96 bits per heavy atom. The summed E-state index contributed by atoms with van der Waals surface area (Å²) in [4.78, 5) is 26.2. The van der Waals surface area contributed by atoms with E-state index in [1.807, 2.05) is 19.1 Å². The van der Waals surface area contributed by atoms with E-state index in [1.165, 1.54) is 4.90 Å². The molecule has 0 bridgehead atoms. The molecule has 1 unspecified atom stereocenters. The van der Waals surface area contributed by atoms with Crippen LogP contribution in [0.1, 0.15) is 33.1 Å². The van der Waals surface area contributed by atoms with Crippen molar-refractivity contribution >= 4 is 11.9 Å². The average Bonchev–Trinajstić information content (AvgIpc) is 2.59. The van der Waals surface area contributed by atoms with Crippen molar-refractivity contribution in [1.82, 2.24) is 4.90 Å². The number of methoxy groups -OCH3 is 1. The molecule has 1 aliphatic rings. The number of amides is 1. The Kier molecular flexibility index (Phi) is 4.25. The minimum atomic E-state index is -1.01. The first-order valence-electron chi connectivity index (χ1n) is 7.79. The molecule has 3 rings (SSSR count). The SMILES string of the molecule is COc1ccc(C(=O)N2CCc3ccccc3C2C(=O)O)c(C)c1. The molecule has 0 fully saturated rings. The van der Waals surface area contributed by atoms with Gasteiger partial charge in [-0.2, -0.15) is 0 Å².